The first-order valence-electron chi connectivity index (χ1n) is 7.44. The Bertz CT molecular complexity index is 723. The zero-order valence-electron chi connectivity index (χ0n) is 12.6. The van der Waals surface area contributed by atoms with E-state index in [9.17, 15) is 0 Å². The Hall–Kier alpha value is -2.13. The van der Waals surface area contributed by atoms with Gasteiger partial charge in [-0.3, -0.25) is 4.68 Å². The molecule has 0 aliphatic heterocycles. The Morgan fingerprint density at radius 3 is 2.76 bits per heavy atom. The van der Waals surface area contributed by atoms with E-state index >= 15 is 0 Å². The lowest BCUT2D eigenvalue weighted by atomic mass is 10.0. The van der Waals surface area contributed by atoms with Gasteiger partial charge >= 0.3 is 0 Å². The molecule has 0 amide bonds. The monoisotopic (exact) mass is 279 g/mol. The molecule has 1 heterocycles. The molecule has 3 rings (SSSR count). The molecule has 0 radical (unpaired) electrons. The Morgan fingerprint density at radius 1 is 1.10 bits per heavy atom. The third kappa shape index (κ3) is 3.31. The molecule has 0 aliphatic carbocycles. The largest absolute Gasteiger partial charge is 0.310 e. The van der Waals surface area contributed by atoms with E-state index in [0.29, 0.717) is 6.04 Å². The molecule has 0 spiro atoms. The number of rotatable bonds is 5. The molecule has 3 aromatic rings. The van der Waals surface area contributed by atoms with Crippen molar-refractivity contribution in [2.75, 3.05) is 0 Å². The van der Waals surface area contributed by atoms with Crippen LogP contribution in [0, 0.1) is 0 Å². The zero-order chi connectivity index (χ0) is 14.7. The summed E-state index contributed by atoms with van der Waals surface area (Å²) in [6, 6.07) is 15.4. The average Bonchev–Trinajstić information content (AvgIpc) is 2.93. The Labute approximate surface area is 125 Å². The van der Waals surface area contributed by atoms with Crippen molar-refractivity contribution in [3.05, 3.63) is 66.0 Å². The summed E-state index contributed by atoms with van der Waals surface area (Å²) in [7, 11) is 0. The maximum atomic E-state index is 4.47. The highest BCUT2D eigenvalue weighted by Gasteiger charge is 2.04. The SMILES string of the molecule is CC(C)NCc1cnn(Cc2cccc3ccccc23)c1. The highest BCUT2D eigenvalue weighted by molar-refractivity contribution is 5.85. The van der Waals surface area contributed by atoms with Crippen molar-refractivity contribution in [3.63, 3.8) is 0 Å². The van der Waals surface area contributed by atoms with Gasteiger partial charge in [-0.15, -0.1) is 0 Å². The standard InChI is InChI=1S/C18H21N3/c1-14(2)19-10-15-11-20-21(12-15)13-17-8-5-7-16-6-3-4-9-18(16)17/h3-9,11-12,14,19H,10,13H2,1-2H3. The van der Waals surface area contributed by atoms with Crippen LogP contribution in [0.15, 0.2) is 54.9 Å². The van der Waals surface area contributed by atoms with E-state index in [4.69, 9.17) is 0 Å². The van der Waals surface area contributed by atoms with Gasteiger partial charge in [0.1, 0.15) is 0 Å². The minimum atomic E-state index is 0.492. The van der Waals surface area contributed by atoms with Gasteiger partial charge in [-0.1, -0.05) is 56.3 Å². The molecular formula is C18H21N3. The van der Waals surface area contributed by atoms with Gasteiger partial charge in [0, 0.05) is 24.3 Å². The van der Waals surface area contributed by atoms with E-state index in [1.807, 2.05) is 10.9 Å². The quantitative estimate of drug-likeness (QED) is 0.773. The fourth-order valence-corrected chi connectivity index (χ4v) is 2.51. The van der Waals surface area contributed by atoms with Gasteiger partial charge in [-0.25, -0.2) is 0 Å². The highest BCUT2D eigenvalue weighted by Crippen LogP contribution is 2.19. The number of nitrogens with one attached hydrogen (secondary N) is 1. The van der Waals surface area contributed by atoms with Crippen LogP contribution in [0.3, 0.4) is 0 Å². The smallest absolute Gasteiger partial charge is 0.0665 e. The lowest BCUT2D eigenvalue weighted by Gasteiger charge is -2.07. The van der Waals surface area contributed by atoms with Gasteiger partial charge in [0.15, 0.2) is 0 Å². The fourth-order valence-electron chi connectivity index (χ4n) is 2.51. The molecule has 0 atom stereocenters. The van der Waals surface area contributed by atoms with E-state index in [1.165, 1.54) is 21.9 Å². The van der Waals surface area contributed by atoms with Crippen LogP contribution in [0.25, 0.3) is 10.8 Å². The van der Waals surface area contributed by atoms with E-state index in [1.54, 1.807) is 0 Å². The second-order valence-electron chi connectivity index (χ2n) is 5.72. The zero-order valence-corrected chi connectivity index (χ0v) is 12.6. The maximum Gasteiger partial charge on any atom is 0.0665 e. The number of hydrogen-bond donors (Lipinski definition) is 1. The van der Waals surface area contributed by atoms with Crippen LogP contribution in [-0.4, -0.2) is 15.8 Å². The van der Waals surface area contributed by atoms with E-state index in [-0.39, 0.29) is 0 Å². The molecule has 0 saturated carbocycles. The number of nitrogens with zero attached hydrogens (tertiary/aromatic N) is 2. The van der Waals surface area contributed by atoms with Crippen molar-refractivity contribution in [3.8, 4) is 0 Å². The van der Waals surface area contributed by atoms with Gasteiger partial charge in [0.05, 0.1) is 12.7 Å². The van der Waals surface area contributed by atoms with Crippen molar-refractivity contribution in [2.24, 2.45) is 0 Å². The average molecular weight is 279 g/mol. The van der Waals surface area contributed by atoms with Gasteiger partial charge in [-0.05, 0) is 16.3 Å². The minimum absolute atomic E-state index is 0.492. The third-order valence-electron chi connectivity index (χ3n) is 3.61. The number of fused-ring (bicyclic) bond motifs is 1. The second-order valence-corrected chi connectivity index (χ2v) is 5.72. The maximum absolute atomic E-state index is 4.47. The van der Waals surface area contributed by atoms with Crippen LogP contribution >= 0.6 is 0 Å². The molecule has 1 aromatic heterocycles. The van der Waals surface area contributed by atoms with Crippen molar-refractivity contribution in [1.82, 2.24) is 15.1 Å². The third-order valence-corrected chi connectivity index (χ3v) is 3.61. The van der Waals surface area contributed by atoms with Crippen LogP contribution in [0.2, 0.25) is 0 Å². The molecule has 0 unspecified atom stereocenters. The number of benzene rings is 2. The van der Waals surface area contributed by atoms with Gasteiger partial charge in [0.2, 0.25) is 0 Å². The molecule has 2 aromatic carbocycles. The van der Waals surface area contributed by atoms with Gasteiger partial charge < -0.3 is 5.32 Å². The first-order valence-corrected chi connectivity index (χ1v) is 7.44. The van der Waals surface area contributed by atoms with Crippen LogP contribution in [0.4, 0.5) is 0 Å². The first-order chi connectivity index (χ1) is 10.2. The molecule has 0 aliphatic rings. The molecule has 1 N–H and O–H groups in total. The molecule has 108 valence electrons. The molecule has 3 heteroatoms. The Morgan fingerprint density at radius 2 is 1.90 bits per heavy atom. The minimum Gasteiger partial charge on any atom is -0.310 e. The van der Waals surface area contributed by atoms with Gasteiger partial charge in [0.25, 0.3) is 0 Å². The highest BCUT2D eigenvalue weighted by atomic mass is 15.3. The lowest BCUT2D eigenvalue weighted by Crippen LogP contribution is -2.21. The summed E-state index contributed by atoms with van der Waals surface area (Å²) >= 11 is 0. The van der Waals surface area contributed by atoms with Crippen molar-refractivity contribution >= 4 is 10.8 Å². The molecule has 0 fully saturated rings. The van der Waals surface area contributed by atoms with Crippen LogP contribution in [0.1, 0.15) is 25.0 Å². The Kier molecular flexibility index (Phi) is 4.02. The Balaban J connectivity index is 1.79. The second kappa shape index (κ2) is 6.10. The van der Waals surface area contributed by atoms with Crippen molar-refractivity contribution in [1.29, 1.82) is 0 Å². The molecule has 0 bridgehead atoms. The molecule has 3 nitrogen and oxygen atoms in total. The van der Waals surface area contributed by atoms with Gasteiger partial charge in [-0.2, -0.15) is 5.10 Å². The van der Waals surface area contributed by atoms with Crippen molar-refractivity contribution < 1.29 is 0 Å². The summed E-state index contributed by atoms with van der Waals surface area (Å²) in [5.41, 5.74) is 2.53. The summed E-state index contributed by atoms with van der Waals surface area (Å²) in [6.45, 7) is 5.98. The van der Waals surface area contributed by atoms with E-state index in [0.717, 1.165) is 13.1 Å². The van der Waals surface area contributed by atoms with E-state index in [2.05, 4.69) is 72.9 Å². The number of aromatic nitrogens is 2. The van der Waals surface area contributed by atoms with Crippen molar-refractivity contribution in [2.45, 2.75) is 33.0 Å². The normalized spacial score (nSPS) is 11.4. The van der Waals surface area contributed by atoms with Crippen LogP contribution in [0.5, 0.6) is 0 Å². The lowest BCUT2D eigenvalue weighted by molar-refractivity contribution is 0.588. The predicted octanol–water partition coefficient (Wildman–Crippen LogP) is 3.58. The summed E-state index contributed by atoms with van der Waals surface area (Å²) in [5.74, 6) is 0. The van der Waals surface area contributed by atoms with Crippen LogP contribution in [-0.2, 0) is 13.1 Å². The molecular weight excluding hydrogens is 258 g/mol. The van der Waals surface area contributed by atoms with E-state index < -0.39 is 0 Å². The molecule has 21 heavy (non-hydrogen) atoms. The summed E-state index contributed by atoms with van der Waals surface area (Å²) in [6.07, 6.45) is 4.07. The van der Waals surface area contributed by atoms with Crippen LogP contribution < -0.4 is 5.32 Å². The topological polar surface area (TPSA) is 29.9 Å². The predicted molar refractivity (Wildman–Crippen MR) is 87.3 cm³/mol. The first kappa shape index (κ1) is 13.8. The molecule has 0 saturated heterocycles. The number of hydrogen-bond acceptors (Lipinski definition) is 2. The summed E-state index contributed by atoms with van der Waals surface area (Å²) in [5, 5.41) is 10.5. The fraction of sp³-hybridized carbons (Fsp3) is 0.278. The summed E-state index contributed by atoms with van der Waals surface area (Å²) < 4.78 is 2.01. The summed E-state index contributed by atoms with van der Waals surface area (Å²) in [4.78, 5) is 0.